The molecule has 1 aliphatic rings. The Morgan fingerprint density at radius 1 is 1.15 bits per heavy atom. The van der Waals surface area contributed by atoms with Gasteiger partial charge in [0.25, 0.3) is 0 Å². The van der Waals surface area contributed by atoms with Gasteiger partial charge in [0.05, 0.1) is 0 Å². The Morgan fingerprint density at radius 3 is 2.31 bits per heavy atom. The number of carbonyl (C=O) groups excluding carboxylic acids is 1. The zero-order chi connectivity index (χ0) is 19.2. The van der Waals surface area contributed by atoms with Crippen LogP contribution in [0.2, 0.25) is 0 Å². The molecule has 144 valence electrons. The number of hydrogen-bond donors (Lipinski definition) is 3. The number of amides is 1. The maximum absolute atomic E-state index is 11.8. The second kappa shape index (κ2) is 8.92. The maximum atomic E-state index is 11.8. The predicted octanol–water partition coefficient (Wildman–Crippen LogP) is 3.95. The molecule has 3 N–H and O–H groups in total. The highest BCUT2D eigenvalue weighted by atomic mass is 16.6. The van der Waals surface area contributed by atoms with E-state index in [4.69, 9.17) is 4.74 Å². The van der Waals surface area contributed by atoms with Crippen molar-refractivity contribution >= 4 is 17.7 Å². The molecule has 0 saturated heterocycles. The van der Waals surface area contributed by atoms with E-state index < -0.39 is 23.7 Å². The zero-order valence-electron chi connectivity index (χ0n) is 15.9. The topological polar surface area (TPSA) is 87.7 Å². The highest BCUT2D eigenvalue weighted by Crippen LogP contribution is 2.22. The van der Waals surface area contributed by atoms with E-state index in [1.807, 2.05) is 24.3 Å². The van der Waals surface area contributed by atoms with Crippen molar-refractivity contribution in [3.63, 3.8) is 0 Å². The van der Waals surface area contributed by atoms with Gasteiger partial charge in [-0.25, -0.2) is 9.59 Å². The summed E-state index contributed by atoms with van der Waals surface area (Å²) in [7, 11) is 0. The van der Waals surface area contributed by atoms with E-state index in [-0.39, 0.29) is 6.42 Å². The lowest BCUT2D eigenvalue weighted by Crippen LogP contribution is -2.44. The lowest BCUT2D eigenvalue weighted by molar-refractivity contribution is -0.139. The minimum Gasteiger partial charge on any atom is -0.480 e. The second-order valence-electron chi connectivity index (χ2n) is 7.92. The molecule has 26 heavy (non-hydrogen) atoms. The summed E-state index contributed by atoms with van der Waals surface area (Å²) in [6.07, 6.45) is 5.74. The third-order valence-electron chi connectivity index (χ3n) is 4.36. The molecule has 0 heterocycles. The van der Waals surface area contributed by atoms with Crippen molar-refractivity contribution in [2.75, 3.05) is 5.32 Å². The average molecular weight is 362 g/mol. The van der Waals surface area contributed by atoms with Crippen LogP contribution in [-0.2, 0) is 16.0 Å². The van der Waals surface area contributed by atoms with Crippen LogP contribution in [-0.4, -0.2) is 34.9 Å². The Bertz CT molecular complexity index is 601. The van der Waals surface area contributed by atoms with Gasteiger partial charge in [-0.1, -0.05) is 31.4 Å². The van der Waals surface area contributed by atoms with E-state index >= 15 is 0 Å². The number of hydrogen-bond acceptors (Lipinski definition) is 4. The summed E-state index contributed by atoms with van der Waals surface area (Å²) in [5.41, 5.74) is 1.23. The third kappa shape index (κ3) is 6.94. The van der Waals surface area contributed by atoms with Crippen LogP contribution in [0.1, 0.15) is 58.4 Å². The third-order valence-corrected chi connectivity index (χ3v) is 4.36. The number of carbonyl (C=O) groups is 2. The molecule has 6 nitrogen and oxygen atoms in total. The monoisotopic (exact) mass is 362 g/mol. The van der Waals surface area contributed by atoms with Gasteiger partial charge >= 0.3 is 12.1 Å². The lowest BCUT2D eigenvalue weighted by atomic mass is 9.95. The van der Waals surface area contributed by atoms with E-state index in [1.54, 1.807) is 20.8 Å². The van der Waals surface area contributed by atoms with E-state index in [0.29, 0.717) is 6.04 Å². The number of carboxylic acid groups (broad SMARTS) is 1. The molecule has 1 aliphatic carbocycles. The van der Waals surface area contributed by atoms with Crippen molar-refractivity contribution in [2.45, 2.75) is 77.0 Å². The molecule has 1 aromatic rings. The molecule has 2 rings (SSSR count). The summed E-state index contributed by atoms with van der Waals surface area (Å²) in [4.78, 5) is 23.3. The smallest absolute Gasteiger partial charge is 0.408 e. The fourth-order valence-electron chi connectivity index (χ4n) is 3.11. The Morgan fingerprint density at radius 2 is 1.77 bits per heavy atom. The number of alkyl carbamates (subject to hydrolysis) is 1. The number of carboxylic acids is 1. The van der Waals surface area contributed by atoms with Crippen molar-refractivity contribution < 1.29 is 19.4 Å². The van der Waals surface area contributed by atoms with Gasteiger partial charge < -0.3 is 20.5 Å². The van der Waals surface area contributed by atoms with Gasteiger partial charge in [-0.05, 0) is 51.3 Å². The molecule has 0 bridgehead atoms. The van der Waals surface area contributed by atoms with Gasteiger partial charge in [-0.2, -0.15) is 0 Å². The lowest BCUT2D eigenvalue weighted by Gasteiger charge is -2.24. The van der Waals surface area contributed by atoms with Crippen LogP contribution in [0.3, 0.4) is 0 Å². The fourth-order valence-corrected chi connectivity index (χ4v) is 3.11. The fraction of sp³-hybridized carbons (Fsp3) is 0.600. The molecule has 0 radical (unpaired) electrons. The van der Waals surface area contributed by atoms with Crippen molar-refractivity contribution in [3.05, 3.63) is 29.8 Å². The first-order chi connectivity index (χ1) is 12.2. The van der Waals surface area contributed by atoms with Gasteiger partial charge in [-0.15, -0.1) is 0 Å². The minimum atomic E-state index is -1.08. The van der Waals surface area contributed by atoms with Gasteiger partial charge in [0, 0.05) is 18.2 Å². The first kappa shape index (κ1) is 20.1. The Balaban J connectivity index is 1.91. The van der Waals surface area contributed by atoms with Crippen LogP contribution in [0.5, 0.6) is 0 Å². The largest absolute Gasteiger partial charge is 0.480 e. The summed E-state index contributed by atoms with van der Waals surface area (Å²) < 4.78 is 5.14. The Hall–Kier alpha value is -2.24. The van der Waals surface area contributed by atoms with E-state index in [2.05, 4.69) is 10.6 Å². The first-order valence-corrected chi connectivity index (χ1v) is 9.31. The SMILES string of the molecule is CC(C)(C)OC(=O)NC(Cc1ccc(NC2CCCCC2)cc1)C(=O)O. The van der Waals surface area contributed by atoms with Crippen molar-refractivity contribution in [1.82, 2.24) is 5.32 Å². The molecule has 1 saturated carbocycles. The second-order valence-corrected chi connectivity index (χ2v) is 7.92. The number of aliphatic carboxylic acids is 1. The number of benzene rings is 1. The molecule has 0 spiro atoms. The standard InChI is InChI=1S/C20H30N2O4/c1-20(2,3)26-19(25)22-17(18(23)24)13-14-9-11-16(12-10-14)21-15-7-5-4-6-8-15/h9-12,15,17,21H,4-8,13H2,1-3H3,(H,22,25)(H,23,24). The number of rotatable bonds is 6. The minimum absolute atomic E-state index is 0.207. The normalized spacial score (nSPS) is 16.6. The molecule has 6 heteroatoms. The number of anilines is 1. The molecule has 1 amide bonds. The van der Waals surface area contributed by atoms with Crippen LogP contribution in [0.25, 0.3) is 0 Å². The molecule has 1 atom stereocenters. The number of nitrogens with one attached hydrogen (secondary N) is 2. The Kier molecular flexibility index (Phi) is 6.89. The molecule has 0 aliphatic heterocycles. The summed E-state index contributed by atoms with van der Waals surface area (Å²) in [5.74, 6) is -1.08. The molecule has 0 aromatic heterocycles. The highest BCUT2D eigenvalue weighted by Gasteiger charge is 2.24. The quantitative estimate of drug-likeness (QED) is 0.713. The van der Waals surface area contributed by atoms with Crippen LogP contribution < -0.4 is 10.6 Å². The predicted molar refractivity (Wildman–Crippen MR) is 101 cm³/mol. The van der Waals surface area contributed by atoms with Crippen LogP contribution >= 0.6 is 0 Å². The first-order valence-electron chi connectivity index (χ1n) is 9.31. The number of ether oxygens (including phenoxy) is 1. The summed E-state index contributed by atoms with van der Waals surface area (Å²) in [6.45, 7) is 5.21. The van der Waals surface area contributed by atoms with E-state index in [9.17, 15) is 14.7 Å². The summed E-state index contributed by atoms with van der Waals surface area (Å²) in [6, 6.07) is 7.24. The van der Waals surface area contributed by atoms with Gasteiger partial charge in [-0.3, -0.25) is 0 Å². The molecule has 1 unspecified atom stereocenters. The van der Waals surface area contributed by atoms with Crippen LogP contribution in [0, 0.1) is 0 Å². The Labute approximate surface area is 155 Å². The zero-order valence-corrected chi connectivity index (χ0v) is 15.9. The highest BCUT2D eigenvalue weighted by molar-refractivity contribution is 5.80. The van der Waals surface area contributed by atoms with Crippen molar-refractivity contribution in [2.24, 2.45) is 0 Å². The van der Waals surface area contributed by atoms with E-state index in [1.165, 1.54) is 32.1 Å². The summed E-state index contributed by atoms with van der Waals surface area (Å²) in [5, 5.41) is 15.3. The van der Waals surface area contributed by atoms with Gasteiger partial charge in [0.2, 0.25) is 0 Å². The van der Waals surface area contributed by atoms with Gasteiger partial charge in [0.1, 0.15) is 11.6 Å². The van der Waals surface area contributed by atoms with Crippen LogP contribution in [0.15, 0.2) is 24.3 Å². The van der Waals surface area contributed by atoms with Crippen molar-refractivity contribution in [3.8, 4) is 0 Å². The molecular formula is C20H30N2O4. The van der Waals surface area contributed by atoms with Crippen LogP contribution in [0.4, 0.5) is 10.5 Å². The van der Waals surface area contributed by atoms with E-state index in [0.717, 1.165) is 11.3 Å². The average Bonchev–Trinajstić information content (AvgIpc) is 2.55. The maximum Gasteiger partial charge on any atom is 0.408 e. The molecular weight excluding hydrogens is 332 g/mol. The van der Waals surface area contributed by atoms with Gasteiger partial charge in [0.15, 0.2) is 0 Å². The summed E-state index contributed by atoms with van der Waals surface area (Å²) >= 11 is 0. The molecule has 1 aromatic carbocycles. The molecule has 1 fully saturated rings. The van der Waals surface area contributed by atoms with Crippen molar-refractivity contribution in [1.29, 1.82) is 0 Å².